The molecule has 1 aliphatic rings. The molecule has 0 bridgehead atoms. The highest BCUT2D eigenvalue weighted by Crippen LogP contribution is 2.31. The van der Waals surface area contributed by atoms with Gasteiger partial charge in [0, 0.05) is 12.2 Å². The van der Waals surface area contributed by atoms with Gasteiger partial charge in [0.05, 0.1) is 13.5 Å². The number of hydrogen-bond donors (Lipinski definition) is 0. The Morgan fingerprint density at radius 3 is 2.67 bits per heavy atom. The molecule has 0 spiro atoms. The fourth-order valence-electron chi connectivity index (χ4n) is 2.74. The SMILES string of the molecule is COc1ccc2c(c1)CCN2C(=O)Cc1ccc(C)cc1. The summed E-state index contributed by atoms with van der Waals surface area (Å²) >= 11 is 0. The van der Waals surface area contributed by atoms with Crippen LogP contribution in [0.1, 0.15) is 16.7 Å². The first-order valence-corrected chi connectivity index (χ1v) is 7.20. The van der Waals surface area contributed by atoms with Gasteiger partial charge >= 0.3 is 0 Å². The number of methoxy groups -OCH3 is 1. The molecule has 3 heteroatoms. The third kappa shape index (κ3) is 2.77. The largest absolute Gasteiger partial charge is 0.497 e. The average molecular weight is 281 g/mol. The van der Waals surface area contributed by atoms with E-state index in [0.29, 0.717) is 6.42 Å². The lowest BCUT2D eigenvalue weighted by molar-refractivity contribution is -0.117. The van der Waals surface area contributed by atoms with Gasteiger partial charge in [0.1, 0.15) is 5.75 Å². The number of amides is 1. The summed E-state index contributed by atoms with van der Waals surface area (Å²) < 4.78 is 5.24. The van der Waals surface area contributed by atoms with E-state index in [4.69, 9.17) is 4.74 Å². The Hall–Kier alpha value is -2.29. The summed E-state index contributed by atoms with van der Waals surface area (Å²) in [5.74, 6) is 1.00. The Bertz CT molecular complexity index is 661. The number of fused-ring (bicyclic) bond motifs is 1. The lowest BCUT2D eigenvalue weighted by Gasteiger charge is -2.17. The molecule has 1 aliphatic heterocycles. The zero-order valence-corrected chi connectivity index (χ0v) is 12.4. The molecule has 2 aromatic carbocycles. The molecule has 0 saturated heterocycles. The van der Waals surface area contributed by atoms with Crippen molar-refractivity contribution in [1.29, 1.82) is 0 Å². The molecule has 0 N–H and O–H groups in total. The molecule has 3 nitrogen and oxygen atoms in total. The van der Waals surface area contributed by atoms with Crippen molar-refractivity contribution in [3.63, 3.8) is 0 Å². The number of hydrogen-bond acceptors (Lipinski definition) is 2. The molecule has 0 fully saturated rings. The van der Waals surface area contributed by atoms with Crippen molar-refractivity contribution in [2.45, 2.75) is 19.8 Å². The van der Waals surface area contributed by atoms with Crippen LogP contribution >= 0.6 is 0 Å². The fourth-order valence-corrected chi connectivity index (χ4v) is 2.74. The van der Waals surface area contributed by atoms with E-state index >= 15 is 0 Å². The lowest BCUT2D eigenvalue weighted by atomic mass is 10.1. The number of carbonyl (C=O) groups is 1. The van der Waals surface area contributed by atoms with Crippen LogP contribution in [0.4, 0.5) is 5.69 Å². The fraction of sp³-hybridized carbons (Fsp3) is 0.278. The van der Waals surface area contributed by atoms with Crippen LogP contribution in [-0.2, 0) is 17.6 Å². The molecule has 0 saturated carbocycles. The monoisotopic (exact) mass is 281 g/mol. The molecular weight excluding hydrogens is 262 g/mol. The summed E-state index contributed by atoms with van der Waals surface area (Å²) in [6.07, 6.45) is 1.35. The highest BCUT2D eigenvalue weighted by Gasteiger charge is 2.24. The van der Waals surface area contributed by atoms with Crippen LogP contribution in [0.2, 0.25) is 0 Å². The van der Waals surface area contributed by atoms with Gasteiger partial charge in [-0.05, 0) is 42.7 Å². The summed E-state index contributed by atoms with van der Waals surface area (Å²) in [5.41, 5.74) is 4.48. The molecular formula is C18H19NO2. The summed E-state index contributed by atoms with van der Waals surface area (Å²) in [4.78, 5) is 14.4. The molecule has 3 rings (SSSR count). The first-order valence-electron chi connectivity index (χ1n) is 7.20. The molecule has 2 aromatic rings. The van der Waals surface area contributed by atoms with E-state index in [1.54, 1.807) is 7.11 Å². The summed E-state index contributed by atoms with van der Waals surface area (Å²) in [6, 6.07) is 14.1. The lowest BCUT2D eigenvalue weighted by Crippen LogP contribution is -2.30. The minimum atomic E-state index is 0.155. The number of anilines is 1. The Morgan fingerprint density at radius 2 is 1.95 bits per heavy atom. The van der Waals surface area contributed by atoms with Crippen LogP contribution in [-0.4, -0.2) is 19.6 Å². The molecule has 0 aromatic heterocycles. The summed E-state index contributed by atoms with van der Waals surface area (Å²) in [7, 11) is 1.66. The highest BCUT2D eigenvalue weighted by atomic mass is 16.5. The van der Waals surface area contributed by atoms with E-state index in [2.05, 4.69) is 6.92 Å². The van der Waals surface area contributed by atoms with Gasteiger partial charge in [-0.1, -0.05) is 29.8 Å². The summed E-state index contributed by atoms with van der Waals surface area (Å²) in [6.45, 7) is 2.81. The van der Waals surface area contributed by atoms with Crippen molar-refractivity contribution >= 4 is 11.6 Å². The predicted molar refractivity (Wildman–Crippen MR) is 83.9 cm³/mol. The van der Waals surface area contributed by atoms with E-state index < -0.39 is 0 Å². The van der Waals surface area contributed by atoms with E-state index in [1.165, 1.54) is 11.1 Å². The van der Waals surface area contributed by atoms with Crippen LogP contribution in [0.25, 0.3) is 0 Å². The second-order valence-electron chi connectivity index (χ2n) is 5.45. The average Bonchev–Trinajstić information content (AvgIpc) is 2.92. The van der Waals surface area contributed by atoms with Crippen LogP contribution in [0.5, 0.6) is 5.75 Å². The molecule has 108 valence electrons. The molecule has 0 atom stereocenters. The van der Waals surface area contributed by atoms with Gasteiger partial charge < -0.3 is 9.64 Å². The van der Waals surface area contributed by atoms with Gasteiger partial charge in [-0.25, -0.2) is 0 Å². The zero-order chi connectivity index (χ0) is 14.8. The molecule has 1 heterocycles. The number of ether oxygens (including phenoxy) is 1. The first kappa shape index (κ1) is 13.7. The Kier molecular flexibility index (Phi) is 3.65. The van der Waals surface area contributed by atoms with Crippen molar-refractivity contribution in [3.8, 4) is 5.75 Å². The molecule has 1 amide bonds. The van der Waals surface area contributed by atoms with E-state index in [1.807, 2.05) is 47.4 Å². The van der Waals surface area contributed by atoms with E-state index in [0.717, 1.165) is 30.0 Å². The maximum Gasteiger partial charge on any atom is 0.231 e. The number of rotatable bonds is 3. The Morgan fingerprint density at radius 1 is 1.19 bits per heavy atom. The van der Waals surface area contributed by atoms with Gasteiger partial charge in [-0.2, -0.15) is 0 Å². The predicted octanol–water partition coefficient (Wildman–Crippen LogP) is 3.14. The highest BCUT2D eigenvalue weighted by molar-refractivity contribution is 5.96. The maximum absolute atomic E-state index is 12.5. The second-order valence-corrected chi connectivity index (χ2v) is 5.45. The van der Waals surface area contributed by atoms with Crippen LogP contribution in [0, 0.1) is 6.92 Å². The molecule has 0 radical (unpaired) electrons. The topological polar surface area (TPSA) is 29.5 Å². The number of nitrogens with zero attached hydrogens (tertiary/aromatic N) is 1. The van der Waals surface area contributed by atoms with Gasteiger partial charge in [-0.15, -0.1) is 0 Å². The van der Waals surface area contributed by atoms with E-state index in [-0.39, 0.29) is 5.91 Å². The molecule has 0 aliphatic carbocycles. The number of benzene rings is 2. The second kappa shape index (κ2) is 5.60. The molecule has 21 heavy (non-hydrogen) atoms. The van der Waals surface area contributed by atoms with Gasteiger partial charge in [0.2, 0.25) is 5.91 Å². The molecule has 0 unspecified atom stereocenters. The number of carbonyl (C=O) groups excluding carboxylic acids is 1. The Balaban J connectivity index is 1.77. The quantitative estimate of drug-likeness (QED) is 0.865. The van der Waals surface area contributed by atoms with Crippen molar-refractivity contribution in [1.82, 2.24) is 0 Å². The van der Waals surface area contributed by atoms with Gasteiger partial charge in [-0.3, -0.25) is 4.79 Å². The van der Waals surface area contributed by atoms with E-state index in [9.17, 15) is 4.79 Å². The van der Waals surface area contributed by atoms with Crippen molar-refractivity contribution in [2.75, 3.05) is 18.6 Å². The van der Waals surface area contributed by atoms with Crippen LogP contribution in [0.15, 0.2) is 42.5 Å². The Labute approximate surface area is 125 Å². The van der Waals surface area contributed by atoms with Gasteiger partial charge in [0.25, 0.3) is 0 Å². The van der Waals surface area contributed by atoms with Gasteiger partial charge in [0.15, 0.2) is 0 Å². The third-order valence-corrected chi connectivity index (χ3v) is 3.96. The normalized spacial score (nSPS) is 13.1. The third-order valence-electron chi connectivity index (χ3n) is 3.96. The van der Waals surface area contributed by atoms with Crippen molar-refractivity contribution in [3.05, 3.63) is 59.2 Å². The minimum absolute atomic E-state index is 0.155. The minimum Gasteiger partial charge on any atom is -0.497 e. The van der Waals surface area contributed by atoms with Crippen molar-refractivity contribution < 1.29 is 9.53 Å². The first-order chi connectivity index (χ1) is 10.2. The maximum atomic E-state index is 12.5. The number of aryl methyl sites for hydroxylation is 1. The zero-order valence-electron chi connectivity index (χ0n) is 12.4. The standard InChI is InChI=1S/C18H19NO2/c1-13-3-5-14(6-4-13)11-18(20)19-10-9-15-12-16(21-2)7-8-17(15)19/h3-8,12H,9-11H2,1-2H3. The van der Waals surface area contributed by atoms with Crippen molar-refractivity contribution in [2.24, 2.45) is 0 Å². The summed E-state index contributed by atoms with van der Waals surface area (Å²) in [5, 5.41) is 0. The van der Waals surface area contributed by atoms with Crippen LogP contribution in [0.3, 0.4) is 0 Å². The van der Waals surface area contributed by atoms with Crippen LogP contribution < -0.4 is 9.64 Å². The smallest absolute Gasteiger partial charge is 0.231 e.